The highest BCUT2D eigenvalue weighted by atomic mass is 79.9. The van der Waals surface area contributed by atoms with Crippen molar-refractivity contribution in [3.8, 4) is 11.5 Å². The van der Waals surface area contributed by atoms with E-state index in [1.165, 1.54) is 11.1 Å². The number of hydrogen-bond acceptors (Lipinski definition) is 1. The molecular formula is C18H20Br2O. The minimum Gasteiger partial charge on any atom is -0.457 e. The van der Waals surface area contributed by atoms with E-state index < -0.39 is 0 Å². The molecule has 1 nitrogen and oxygen atoms in total. The molecule has 0 atom stereocenters. The van der Waals surface area contributed by atoms with Crippen molar-refractivity contribution in [1.29, 1.82) is 0 Å². The molecule has 0 aromatic heterocycles. The van der Waals surface area contributed by atoms with Crippen LogP contribution in [0.3, 0.4) is 0 Å². The Hall–Kier alpha value is -0.800. The Morgan fingerprint density at radius 1 is 1.00 bits per heavy atom. The molecule has 0 saturated heterocycles. The maximum atomic E-state index is 6.22. The second kappa shape index (κ2) is 6.53. The van der Waals surface area contributed by atoms with Gasteiger partial charge in [-0.3, -0.25) is 0 Å². The van der Waals surface area contributed by atoms with Crippen LogP contribution in [0.25, 0.3) is 0 Å². The summed E-state index contributed by atoms with van der Waals surface area (Å²) in [5.41, 5.74) is 3.66. The fraction of sp³-hybridized carbons (Fsp3) is 0.333. The normalized spacial score (nSPS) is 11.5. The lowest BCUT2D eigenvalue weighted by atomic mass is 9.85. The van der Waals surface area contributed by atoms with Gasteiger partial charge in [0.1, 0.15) is 11.5 Å². The zero-order valence-corrected chi connectivity index (χ0v) is 16.0. The minimum absolute atomic E-state index is 0.0469. The van der Waals surface area contributed by atoms with Crippen LogP contribution in [0.4, 0.5) is 0 Å². The lowest BCUT2D eigenvalue weighted by molar-refractivity contribution is 0.452. The average Bonchev–Trinajstić information content (AvgIpc) is 2.41. The van der Waals surface area contributed by atoms with Crippen LogP contribution in [0.5, 0.6) is 11.5 Å². The summed E-state index contributed by atoms with van der Waals surface area (Å²) < 4.78 is 7.28. The molecule has 21 heavy (non-hydrogen) atoms. The van der Waals surface area contributed by atoms with E-state index in [9.17, 15) is 0 Å². The number of aryl methyl sites for hydroxylation is 1. The Labute approximate surface area is 144 Å². The molecule has 0 aliphatic carbocycles. The van der Waals surface area contributed by atoms with Crippen molar-refractivity contribution < 1.29 is 4.74 Å². The summed E-state index contributed by atoms with van der Waals surface area (Å²) in [4.78, 5) is 0. The molecule has 2 aromatic carbocycles. The van der Waals surface area contributed by atoms with Crippen LogP contribution < -0.4 is 4.74 Å². The van der Waals surface area contributed by atoms with Crippen molar-refractivity contribution >= 4 is 31.9 Å². The highest BCUT2D eigenvalue weighted by molar-refractivity contribution is 9.10. The quantitative estimate of drug-likeness (QED) is 0.508. The summed E-state index contributed by atoms with van der Waals surface area (Å²) in [6, 6.07) is 12.5. The van der Waals surface area contributed by atoms with Crippen molar-refractivity contribution in [1.82, 2.24) is 0 Å². The van der Waals surface area contributed by atoms with Crippen LogP contribution in [-0.2, 0) is 10.7 Å². The molecule has 2 rings (SSSR count). The molecule has 0 N–H and O–H groups in total. The predicted octanol–water partition coefficient (Wildman–Crippen LogP) is 6.74. The molecule has 0 radical (unpaired) electrons. The first-order valence-corrected chi connectivity index (χ1v) is 8.86. The number of benzene rings is 2. The van der Waals surface area contributed by atoms with Crippen LogP contribution in [-0.4, -0.2) is 0 Å². The van der Waals surface area contributed by atoms with Gasteiger partial charge in [0.25, 0.3) is 0 Å². The van der Waals surface area contributed by atoms with Crippen LogP contribution in [0, 0.1) is 6.92 Å². The second-order valence-electron chi connectivity index (χ2n) is 6.24. The maximum absolute atomic E-state index is 6.22. The van der Waals surface area contributed by atoms with Gasteiger partial charge in [0.15, 0.2) is 0 Å². The zero-order chi connectivity index (χ0) is 15.6. The first-order valence-electron chi connectivity index (χ1n) is 6.94. The monoisotopic (exact) mass is 410 g/mol. The van der Waals surface area contributed by atoms with Crippen LogP contribution >= 0.6 is 31.9 Å². The maximum Gasteiger partial charge on any atom is 0.131 e. The fourth-order valence-electron chi connectivity index (χ4n) is 2.19. The van der Waals surface area contributed by atoms with Crippen molar-refractivity contribution in [3.05, 3.63) is 57.6 Å². The molecule has 0 bridgehead atoms. The summed E-state index contributed by atoms with van der Waals surface area (Å²) in [5.74, 6) is 1.82. The van der Waals surface area contributed by atoms with E-state index in [1.54, 1.807) is 0 Å². The lowest BCUT2D eigenvalue weighted by Crippen LogP contribution is -2.13. The number of halogens is 2. The van der Waals surface area contributed by atoms with Crippen molar-refractivity contribution in [2.75, 3.05) is 0 Å². The van der Waals surface area contributed by atoms with Crippen LogP contribution in [0.1, 0.15) is 37.5 Å². The smallest absolute Gasteiger partial charge is 0.131 e. The van der Waals surface area contributed by atoms with E-state index >= 15 is 0 Å². The van der Waals surface area contributed by atoms with Gasteiger partial charge in [0.05, 0.1) is 0 Å². The lowest BCUT2D eigenvalue weighted by Gasteiger charge is -2.24. The van der Waals surface area contributed by atoms with E-state index in [2.05, 4.69) is 83.8 Å². The minimum atomic E-state index is 0.0469. The van der Waals surface area contributed by atoms with Gasteiger partial charge in [-0.15, -0.1) is 0 Å². The largest absolute Gasteiger partial charge is 0.457 e. The molecule has 0 spiro atoms. The van der Waals surface area contributed by atoms with E-state index in [0.717, 1.165) is 26.9 Å². The molecule has 112 valence electrons. The second-order valence-corrected chi connectivity index (χ2v) is 7.71. The van der Waals surface area contributed by atoms with Crippen molar-refractivity contribution in [3.63, 3.8) is 0 Å². The molecule has 0 saturated carbocycles. The average molecular weight is 412 g/mol. The summed E-state index contributed by atoms with van der Waals surface area (Å²) in [6.45, 7) is 8.74. The molecule has 0 aliphatic rings. The molecule has 0 heterocycles. The summed E-state index contributed by atoms with van der Waals surface area (Å²) in [7, 11) is 0. The van der Waals surface area contributed by atoms with Crippen molar-refractivity contribution in [2.24, 2.45) is 0 Å². The summed E-state index contributed by atoms with van der Waals surface area (Å²) in [5, 5.41) is 0.762. The number of rotatable bonds is 3. The Bertz CT molecular complexity index is 642. The third-order valence-corrected chi connectivity index (χ3v) is 4.43. The number of alkyl halides is 1. The highest BCUT2D eigenvalue weighted by Gasteiger charge is 2.20. The highest BCUT2D eigenvalue weighted by Crippen LogP contribution is 2.36. The Morgan fingerprint density at radius 2 is 1.67 bits per heavy atom. The van der Waals surface area contributed by atoms with Gasteiger partial charge in [-0.1, -0.05) is 70.3 Å². The Kier molecular flexibility index (Phi) is 5.15. The van der Waals surface area contributed by atoms with E-state index in [0.29, 0.717) is 0 Å². The Morgan fingerprint density at radius 3 is 2.29 bits per heavy atom. The topological polar surface area (TPSA) is 9.23 Å². The first-order chi connectivity index (χ1) is 9.81. The fourth-order valence-corrected chi connectivity index (χ4v) is 3.04. The summed E-state index contributed by atoms with van der Waals surface area (Å²) in [6.07, 6.45) is 0. The zero-order valence-electron chi connectivity index (χ0n) is 12.8. The molecule has 0 aliphatic heterocycles. The van der Waals surface area contributed by atoms with E-state index in [-0.39, 0.29) is 5.41 Å². The Balaban J connectivity index is 2.45. The SMILES string of the molecule is Cc1ccc(Oc2ccc(Br)cc2CBr)c(C(C)(C)C)c1. The van der Waals surface area contributed by atoms with Gasteiger partial charge < -0.3 is 4.74 Å². The number of ether oxygens (including phenoxy) is 1. The van der Waals surface area contributed by atoms with Gasteiger partial charge in [-0.2, -0.15) is 0 Å². The standard InChI is InChI=1S/C18H20Br2O/c1-12-5-7-17(15(9-12)18(2,3)4)21-16-8-6-14(20)10-13(16)11-19/h5-10H,11H2,1-4H3. The van der Waals surface area contributed by atoms with Gasteiger partial charge in [0.2, 0.25) is 0 Å². The van der Waals surface area contributed by atoms with Gasteiger partial charge in [-0.25, -0.2) is 0 Å². The van der Waals surface area contributed by atoms with Gasteiger partial charge in [-0.05, 0) is 36.6 Å². The van der Waals surface area contributed by atoms with Crippen LogP contribution in [0.15, 0.2) is 40.9 Å². The third kappa shape index (κ3) is 4.10. The molecule has 3 heteroatoms. The molecule has 0 amide bonds. The molecule has 0 fully saturated rings. The molecule has 2 aromatic rings. The predicted molar refractivity (Wildman–Crippen MR) is 96.7 cm³/mol. The molecule has 0 unspecified atom stereocenters. The third-order valence-electron chi connectivity index (χ3n) is 3.33. The first kappa shape index (κ1) is 16.6. The van der Waals surface area contributed by atoms with Crippen LogP contribution in [0.2, 0.25) is 0 Å². The van der Waals surface area contributed by atoms with E-state index in [4.69, 9.17) is 4.74 Å². The van der Waals surface area contributed by atoms with Gasteiger partial charge >= 0.3 is 0 Å². The van der Waals surface area contributed by atoms with Crippen molar-refractivity contribution in [2.45, 2.75) is 38.4 Å². The summed E-state index contributed by atoms with van der Waals surface area (Å²) >= 11 is 7.03. The van der Waals surface area contributed by atoms with Gasteiger partial charge in [0, 0.05) is 20.9 Å². The molecular weight excluding hydrogens is 392 g/mol. The van der Waals surface area contributed by atoms with E-state index in [1.807, 2.05) is 12.1 Å². The number of hydrogen-bond donors (Lipinski definition) is 0.